The van der Waals surface area contributed by atoms with Gasteiger partial charge >= 0.3 is 0 Å². The second-order valence-electron chi connectivity index (χ2n) is 5.72. The summed E-state index contributed by atoms with van der Waals surface area (Å²) in [5.74, 6) is 1.19. The molecule has 4 heteroatoms. The van der Waals surface area contributed by atoms with Crippen LogP contribution < -0.4 is 10.1 Å². The van der Waals surface area contributed by atoms with E-state index >= 15 is 0 Å². The Morgan fingerprint density at radius 2 is 1.91 bits per heavy atom. The van der Waals surface area contributed by atoms with Gasteiger partial charge in [0.15, 0.2) is 0 Å². The van der Waals surface area contributed by atoms with Crippen LogP contribution in [0.2, 0.25) is 10.0 Å². The van der Waals surface area contributed by atoms with Crippen molar-refractivity contribution in [1.29, 1.82) is 0 Å². The quantitative estimate of drug-likeness (QED) is 0.880. The van der Waals surface area contributed by atoms with Crippen LogP contribution in [0.5, 0.6) is 5.75 Å². The Hall–Kier alpha value is -1.22. The highest BCUT2D eigenvalue weighted by atomic mass is 35.5. The van der Waals surface area contributed by atoms with E-state index in [4.69, 9.17) is 27.9 Å². The predicted octanol–water partition coefficient (Wildman–Crippen LogP) is 4.67. The molecule has 1 aliphatic rings. The third kappa shape index (κ3) is 2.96. The third-order valence-electron chi connectivity index (χ3n) is 4.47. The maximum absolute atomic E-state index is 6.22. The Labute approximate surface area is 141 Å². The lowest BCUT2D eigenvalue weighted by atomic mass is 9.76. The Bertz CT molecular complexity index is 687. The molecule has 3 rings (SSSR count). The number of benzene rings is 2. The van der Waals surface area contributed by atoms with E-state index < -0.39 is 0 Å². The van der Waals surface area contributed by atoms with Crippen molar-refractivity contribution in [1.82, 2.24) is 5.32 Å². The molecule has 0 aromatic heterocycles. The first-order chi connectivity index (χ1) is 10.6. The zero-order valence-electron chi connectivity index (χ0n) is 12.7. The lowest BCUT2D eigenvalue weighted by molar-refractivity contribution is 0.410. The number of methoxy groups -OCH3 is 1. The molecule has 0 spiro atoms. The van der Waals surface area contributed by atoms with Gasteiger partial charge in [0.05, 0.1) is 17.2 Å². The van der Waals surface area contributed by atoms with Crippen molar-refractivity contribution >= 4 is 23.2 Å². The van der Waals surface area contributed by atoms with Gasteiger partial charge in [-0.3, -0.25) is 0 Å². The molecule has 0 radical (unpaired) electrons. The Kier molecular flexibility index (Phi) is 4.62. The summed E-state index contributed by atoms with van der Waals surface area (Å²) in [6, 6.07) is 12.7. The lowest BCUT2D eigenvalue weighted by Gasteiger charge is -2.32. The third-order valence-corrected chi connectivity index (χ3v) is 5.21. The van der Waals surface area contributed by atoms with Gasteiger partial charge in [-0.2, -0.15) is 0 Å². The summed E-state index contributed by atoms with van der Waals surface area (Å²) in [6.45, 7) is 0. The molecule has 2 aromatic carbocycles. The highest BCUT2D eigenvalue weighted by Crippen LogP contribution is 2.40. The molecule has 0 unspecified atom stereocenters. The Balaban J connectivity index is 2.07. The molecule has 0 fully saturated rings. The maximum atomic E-state index is 6.22. The number of hydrogen-bond donors (Lipinski definition) is 1. The SMILES string of the molecule is CN[C@@H]1Cc2ccc(OC)cc2[C@@H](c2ccc(Cl)c(Cl)c2)C1. The van der Waals surface area contributed by atoms with Crippen molar-refractivity contribution in [3.63, 3.8) is 0 Å². The molecule has 22 heavy (non-hydrogen) atoms. The number of rotatable bonds is 3. The second kappa shape index (κ2) is 6.49. The van der Waals surface area contributed by atoms with Crippen LogP contribution in [0, 0.1) is 0 Å². The van der Waals surface area contributed by atoms with Crippen molar-refractivity contribution in [3.05, 3.63) is 63.1 Å². The van der Waals surface area contributed by atoms with Gasteiger partial charge in [0.2, 0.25) is 0 Å². The molecule has 0 amide bonds. The van der Waals surface area contributed by atoms with E-state index in [1.807, 2.05) is 25.2 Å². The first-order valence-electron chi connectivity index (χ1n) is 7.41. The summed E-state index contributed by atoms with van der Waals surface area (Å²) in [5.41, 5.74) is 3.88. The molecule has 2 aromatic rings. The topological polar surface area (TPSA) is 21.3 Å². The van der Waals surface area contributed by atoms with E-state index in [-0.39, 0.29) is 0 Å². The Morgan fingerprint density at radius 1 is 1.09 bits per heavy atom. The fourth-order valence-corrected chi connectivity index (χ4v) is 3.54. The number of fused-ring (bicyclic) bond motifs is 1. The molecule has 0 saturated carbocycles. The van der Waals surface area contributed by atoms with E-state index in [1.54, 1.807) is 7.11 Å². The van der Waals surface area contributed by atoms with Crippen molar-refractivity contribution in [3.8, 4) is 5.75 Å². The zero-order chi connectivity index (χ0) is 15.7. The first-order valence-corrected chi connectivity index (χ1v) is 8.17. The molecule has 0 bridgehead atoms. The van der Waals surface area contributed by atoms with Crippen LogP contribution in [0.1, 0.15) is 29.0 Å². The Morgan fingerprint density at radius 3 is 2.59 bits per heavy atom. The van der Waals surface area contributed by atoms with Gasteiger partial charge in [-0.25, -0.2) is 0 Å². The highest BCUT2D eigenvalue weighted by Gasteiger charge is 2.28. The summed E-state index contributed by atoms with van der Waals surface area (Å²) >= 11 is 12.3. The van der Waals surface area contributed by atoms with E-state index in [2.05, 4.69) is 23.5 Å². The van der Waals surface area contributed by atoms with Crippen molar-refractivity contribution in [2.24, 2.45) is 0 Å². The molecule has 0 heterocycles. The van der Waals surface area contributed by atoms with E-state index in [1.165, 1.54) is 16.7 Å². The fourth-order valence-electron chi connectivity index (χ4n) is 3.24. The van der Waals surface area contributed by atoms with Crippen molar-refractivity contribution in [2.45, 2.75) is 24.8 Å². The minimum absolute atomic E-state index is 0.297. The predicted molar refractivity (Wildman–Crippen MR) is 92.5 cm³/mol. The summed E-state index contributed by atoms with van der Waals surface area (Å²) in [5, 5.41) is 4.61. The monoisotopic (exact) mass is 335 g/mol. The summed E-state index contributed by atoms with van der Waals surface area (Å²) in [4.78, 5) is 0. The summed E-state index contributed by atoms with van der Waals surface area (Å²) in [7, 11) is 3.72. The van der Waals surface area contributed by atoms with Crippen LogP contribution in [0.15, 0.2) is 36.4 Å². The van der Waals surface area contributed by atoms with Crippen LogP contribution >= 0.6 is 23.2 Å². The van der Waals surface area contributed by atoms with Crippen molar-refractivity contribution in [2.75, 3.05) is 14.2 Å². The minimum atomic E-state index is 0.297. The van der Waals surface area contributed by atoms with Gasteiger partial charge in [0, 0.05) is 12.0 Å². The first kappa shape index (κ1) is 15.7. The van der Waals surface area contributed by atoms with E-state index in [9.17, 15) is 0 Å². The van der Waals surface area contributed by atoms with Crippen LogP contribution in [0.4, 0.5) is 0 Å². The largest absolute Gasteiger partial charge is 0.497 e. The van der Waals surface area contributed by atoms with Gasteiger partial charge in [0.1, 0.15) is 5.75 Å². The number of likely N-dealkylation sites (N-methyl/N-ethyl adjacent to an activating group) is 1. The van der Waals surface area contributed by atoms with Gasteiger partial charge in [0.25, 0.3) is 0 Å². The van der Waals surface area contributed by atoms with Gasteiger partial charge < -0.3 is 10.1 Å². The van der Waals surface area contributed by atoms with Crippen LogP contribution in [0.3, 0.4) is 0 Å². The average molecular weight is 336 g/mol. The van der Waals surface area contributed by atoms with Gasteiger partial charge in [-0.1, -0.05) is 35.3 Å². The van der Waals surface area contributed by atoms with Crippen LogP contribution in [0.25, 0.3) is 0 Å². The maximum Gasteiger partial charge on any atom is 0.119 e. The molecule has 2 atom stereocenters. The van der Waals surface area contributed by atoms with Crippen molar-refractivity contribution < 1.29 is 4.74 Å². The lowest BCUT2D eigenvalue weighted by Crippen LogP contribution is -2.33. The molecule has 1 aliphatic carbocycles. The zero-order valence-corrected chi connectivity index (χ0v) is 14.2. The summed E-state index contributed by atoms with van der Waals surface area (Å²) in [6.07, 6.45) is 2.07. The number of nitrogens with one attached hydrogen (secondary N) is 1. The molecule has 116 valence electrons. The molecular weight excluding hydrogens is 317 g/mol. The average Bonchev–Trinajstić information content (AvgIpc) is 2.55. The molecule has 0 saturated heterocycles. The van der Waals surface area contributed by atoms with E-state index in [0.717, 1.165) is 18.6 Å². The van der Waals surface area contributed by atoms with Crippen LogP contribution in [-0.4, -0.2) is 20.2 Å². The molecular formula is C18H19Cl2NO. The normalized spacial score (nSPS) is 20.5. The fraction of sp³-hybridized carbons (Fsp3) is 0.333. The molecule has 1 N–H and O–H groups in total. The smallest absolute Gasteiger partial charge is 0.119 e. The number of halogens is 2. The summed E-state index contributed by atoms with van der Waals surface area (Å²) < 4.78 is 5.40. The molecule has 0 aliphatic heterocycles. The van der Waals surface area contributed by atoms with Gasteiger partial charge in [-0.15, -0.1) is 0 Å². The molecule has 2 nitrogen and oxygen atoms in total. The highest BCUT2D eigenvalue weighted by molar-refractivity contribution is 6.42. The van der Waals surface area contributed by atoms with Crippen LogP contribution in [-0.2, 0) is 6.42 Å². The minimum Gasteiger partial charge on any atom is -0.497 e. The second-order valence-corrected chi connectivity index (χ2v) is 6.53. The standard InChI is InChI=1S/C18H19Cl2NO/c1-21-13-7-11-3-5-14(22-2)10-16(11)15(9-13)12-4-6-17(19)18(20)8-12/h3-6,8,10,13,15,21H,7,9H2,1-2H3/t13-,15-/m1/s1. The van der Waals surface area contributed by atoms with E-state index in [0.29, 0.717) is 22.0 Å². The van der Waals surface area contributed by atoms with Gasteiger partial charge in [-0.05, 0) is 60.8 Å². The number of ether oxygens (including phenoxy) is 1. The number of hydrogen-bond acceptors (Lipinski definition) is 2.